The summed E-state index contributed by atoms with van der Waals surface area (Å²) < 4.78 is 2.05. The van der Waals surface area contributed by atoms with Gasteiger partial charge in [0.25, 0.3) is 5.91 Å². The molecule has 0 saturated heterocycles. The first-order chi connectivity index (χ1) is 11.2. The summed E-state index contributed by atoms with van der Waals surface area (Å²) in [5.41, 5.74) is 2.26. The van der Waals surface area contributed by atoms with E-state index in [4.69, 9.17) is 11.6 Å². The largest absolute Gasteiger partial charge is 0.322 e. The summed E-state index contributed by atoms with van der Waals surface area (Å²) in [5.74, 6) is 0.673. The number of thiazole rings is 1. The van der Waals surface area contributed by atoms with E-state index < -0.39 is 0 Å². The minimum Gasteiger partial charge on any atom is -0.322 e. The van der Waals surface area contributed by atoms with Crippen molar-refractivity contribution in [2.75, 3.05) is 11.1 Å². The Morgan fingerprint density at radius 2 is 2.09 bits per heavy atom. The highest BCUT2D eigenvalue weighted by molar-refractivity contribution is 8.01. The van der Waals surface area contributed by atoms with Gasteiger partial charge in [0, 0.05) is 22.0 Å². The summed E-state index contributed by atoms with van der Waals surface area (Å²) in [7, 11) is 0. The molecule has 6 heteroatoms. The van der Waals surface area contributed by atoms with E-state index in [1.807, 2.05) is 24.3 Å². The van der Waals surface area contributed by atoms with Gasteiger partial charge in [-0.1, -0.05) is 29.4 Å². The molecule has 3 aromatic rings. The molecule has 0 bridgehead atoms. The number of nitrogens with one attached hydrogen (secondary N) is 1. The first-order valence-electron chi connectivity index (χ1n) is 6.87. The number of rotatable bonds is 5. The van der Waals surface area contributed by atoms with E-state index >= 15 is 0 Å². The Morgan fingerprint density at radius 1 is 1.30 bits per heavy atom. The van der Waals surface area contributed by atoms with Crippen LogP contribution in [0.15, 0.2) is 59.5 Å². The van der Waals surface area contributed by atoms with E-state index in [1.54, 1.807) is 47.4 Å². The lowest BCUT2D eigenvalue weighted by Gasteiger charge is -2.05. The third-order valence-electron chi connectivity index (χ3n) is 3.06. The fourth-order valence-corrected chi connectivity index (χ4v) is 3.97. The molecule has 0 unspecified atom stereocenters. The molecule has 1 amide bonds. The Bertz CT molecular complexity index is 859. The number of carbonyl (C=O) groups excluding carboxylic acids is 1. The Labute approximate surface area is 147 Å². The highest BCUT2D eigenvalue weighted by Crippen LogP contribution is 2.31. The number of aromatic nitrogens is 1. The Balaban J connectivity index is 1.78. The van der Waals surface area contributed by atoms with Crippen LogP contribution in [0.4, 0.5) is 5.69 Å². The maximum Gasteiger partial charge on any atom is 0.255 e. The second-order valence-corrected chi connectivity index (χ2v) is 7.46. The Kier molecular flexibility index (Phi) is 5.00. The van der Waals surface area contributed by atoms with Crippen molar-refractivity contribution in [1.82, 2.24) is 4.98 Å². The minimum absolute atomic E-state index is 0.160. The van der Waals surface area contributed by atoms with Crippen molar-refractivity contribution in [3.63, 3.8) is 0 Å². The van der Waals surface area contributed by atoms with E-state index in [-0.39, 0.29) is 5.91 Å². The molecule has 0 radical (unpaired) electrons. The van der Waals surface area contributed by atoms with Crippen LogP contribution in [-0.2, 0) is 0 Å². The van der Waals surface area contributed by atoms with Crippen molar-refractivity contribution in [2.24, 2.45) is 0 Å². The van der Waals surface area contributed by atoms with Crippen LogP contribution in [0.3, 0.4) is 0 Å². The van der Waals surface area contributed by atoms with Gasteiger partial charge < -0.3 is 5.32 Å². The lowest BCUT2D eigenvalue weighted by Crippen LogP contribution is -2.11. The van der Waals surface area contributed by atoms with Crippen LogP contribution in [0.2, 0.25) is 5.02 Å². The van der Waals surface area contributed by atoms with Gasteiger partial charge in [0.05, 0.1) is 10.2 Å². The zero-order valence-corrected chi connectivity index (χ0v) is 14.5. The molecular formula is C17H13ClN2OS2. The fraction of sp³-hybridized carbons (Fsp3) is 0.0588. The summed E-state index contributed by atoms with van der Waals surface area (Å²) in [6, 6.07) is 12.5. The number of fused-ring (bicyclic) bond motifs is 1. The lowest BCUT2D eigenvalue weighted by atomic mass is 10.2. The number of amides is 1. The fourth-order valence-electron chi connectivity index (χ4n) is 1.98. The van der Waals surface area contributed by atoms with Crippen LogP contribution in [-0.4, -0.2) is 16.6 Å². The van der Waals surface area contributed by atoms with Crippen LogP contribution in [0, 0.1) is 0 Å². The molecule has 3 rings (SSSR count). The molecule has 2 aromatic carbocycles. The third-order valence-corrected chi connectivity index (χ3v) is 5.47. The molecule has 3 nitrogen and oxygen atoms in total. The number of benzene rings is 2. The van der Waals surface area contributed by atoms with Gasteiger partial charge in [-0.2, -0.15) is 0 Å². The topological polar surface area (TPSA) is 42.0 Å². The average Bonchev–Trinajstić information content (AvgIpc) is 2.95. The second kappa shape index (κ2) is 7.17. The summed E-state index contributed by atoms with van der Waals surface area (Å²) in [5, 5.41) is 3.50. The number of anilines is 1. The van der Waals surface area contributed by atoms with Crippen LogP contribution in [0.5, 0.6) is 0 Å². The normalized spacial score (nSPS) is 10.7. The van der Waals surface area contributed by atoms with Crippen molar-refractivity contribution in [3.05, 3.63) is 65.7 Å². The average molecular weight is 361 g/mol. The third kappa shape index (κ3) is 3.93. The summed E-state index contributed by atoms with van der Waals surface area (Å²) >= 11 is 9.10. The van der Waals surface area contributed by atoms with E-state index in [9.17, 15) is 4.79 Å². The molecule has 116 valence electrons. The van der Waals surface area contributed by atoms with Gasteiger partial charge >= 0.3 is 0 Å². The van der Waals surface area contributed by atoms with E-state index in [0.717, 1.165) is 26.0 Å². The van der Waals surface area contributed by atoms with E-state index in [2.05, 4.69) is 16.9 Å². The smallest absolute Gasteiger partial charge is 0.255 e. The molecule has 0 fully saturated rings. The van der Waals surface area contributed by atoms with Crippen molar-refractivity contribution in [2.45, 2.75) is 4.34 Å². The van der Waals surface area contributed by atoms with Gasteiger partial charge in [-0.25, -0.2) is 4.98 Å². The molecule has 0 atom stereocenters. The highest BCUT2D eigenvalue weighted by atomic mass is 35.5. The first-order valence-corrected chi connectivity index (χ1v) is 9.05. The van der Waals surface area contributed by atoms with Gasteiger partial charge in [-0.15, -0.1) is 17.9 Å². The quantitative estimate of drug-likeness (QED) is 0.484. The maximum atomic E-state index is 12.2. The van der Waals surface area contributed by atoms with Gasteiger partial charge in [0.1, 0.15) is 0 Å². The molecule has 1 N–H and O–H groups in total. The zero-order chi connectivity index (χ0) is 16.2. The molecule has 1 heterocycles. The second-order valence-electron chi connectivity index (χ2n) is 4.72. The number of halogens is 1. The zero-order valence-electron chi connectivity index (χ0n) is 12.1. The first kappa shape index (κ1) is 16.1. The molecule has 23 heavy (non-hydrogen) atoms. The number of nitrogens with zero attached hydrogens (tertiary/aromatic N) is 1. The summed E-state index contributed by atoms with van der Waals surface area (Å²) in [4.78, 5) is 16.8. The van der Waals surface area contributed by atoms with Crippen molar-refractivity contribution in [1.29, 1.82) is 0 Å². The Hall–Kier alpha value is -1.82. The van der Waals surface area contributed by atoms with Crippen LogP contribution >= 0.6 is 34.7 Å². The van der Waals surface area contributed by atoms with Gasteiger partial charge in [0.2, 0.25) is 0 Å². The number of thioether (sulfide) groups is 1. The standard InChI is InChI=1S/C17H13ClN2OS2/c1-2-9-22-17-20-14-8-7-13(10-15(14)23-17)19-16(21)11-3-5-12(18)6-4-11/h2-8,10H,1,9H2,(H,19,21). The van der Waals surface area contributed by atoms with E-state index in [0.29, 0.717) is 10.6 Å². The highest BCUT2D eigenvalue weighted by Gasteiger charge is 2.08. The number of hydrogen-bond acceptors (Lipinski definition) is 4. The van der Waals surface area contributed by atoms with Gasteiger partial charge in [-0.3, -0.25) is 4.79 Å². The van der Waals surface area contributed by atoms with Crippen LogP contribution in [0.1, 0.15) is 10.4 Å². The van der Waals surface area contributed by atoms with Gasteiger partial charge in [0.15, 0.2) is 4.34 Å². The molecule has 0 spiro atoms. The number of hydrogen-bond donors (Lipinski definition) is 1. The van der Waals surface area contributed by atoms with Crippen molar-refractivity contribution in [3.8, 4) is 0 Å². The van der Waals surface area contributed by atoms with Crippen molar-refractivity contribution >= 4 is 56.5 Å². The SMILES string of the molecule is C=CCSc1nc2ccc(NC(=O)c3ccc(Cl)cc3)cc2s1. The predicted molar refractivity (Wildman–Crippen MR) is 99.9 cm³/mol. The van der Waals surface area contributed by atoms with Crippen LogP contribution < -0.4 is 5.32 Å². The number of carbonyl (C=O) groups is 1. The minimum atomic E-state index is -0.160. The molecular weight excluding hydrogens is 348 g/mol. The molecule has 0 aliphatic rings. The monoisotopic (exact) mass is 360 g/mol. The molecule has 1 aromatic heterocycles. The summed E-state index contributed by atoms with van der Waals surface area (Å²) in [6.07, 6.45) is 1.86. The Morgan fingerprint density at radius 3 is 2.83 bits per heavy atom. The maximum absolute atomic E-state index is 12.2. The molecule has 0 saturated carbocycles. The van der Waals surface area contributed by atoms with Crippen molar-refractivity contribution < 1.29 is 4.79 Å². The van der Waals surface area contributed by atoms with E-state index in [1.165, 1.54) is 0 Å². The predicted octanol–water partition coefficient (Wildman–Crippen LogP) is 5.48. The molecule has 0 aliphatic carbocycles. The van der Waals surface area contributed by atoms with Gasteiger partial charge in [-0.05, 0) is 42.5 Å². The van der Waals surface area contributed by atoms with Crippen LogP contribution in [0.25, 0.3) is 10.2 Å². The molecule has 0 aliphatic heterocycles. The summed E-state index contributed by atoms with van der Waals surface area (Å²) in [6.45, 7) is 3.71. The lowest BCUT2D eigenvalue weighted by molar-refractivity contribution is 0.102.